The number of nitrogens with one attached hydrogen (secondary N) is 2. The van der Waals surface area contributed by atoms with Crippen LogP contribution < -0.4 is 10.6 Å². The Morgan fingerprint density at radius 2 is 2.24 bits per heavy atom. The molecule has 1 saturated heterocycles. The number of piperidine rings is 1. The predicted octanol–water partition coefficient (Wildman–Crippen LogP) is 3.64. The van der Waals surface area contributed by atoms with Crippen molar-refractivity contribution in [2.45, 2.75) is 53.0 Å². The van der Waals surface area contributed by atoms with Gasteiger partial charge in [0.1, 0.15) is 5.01 Å². The molecule has 1 atom stereocenters. The van der Waals surface area contributed by atoms with Crippen molar-refractivity contribution in [3.63, 3.8) is 0 Å². The molecule has 0 radical (unpaired) electrons. The summed E-state index contributed by atoms with van der Waals surface area (Å²) in [5.41, 5.74) is 0. The maximum atomic E-state index is 4.63. The zero-order chi connectivity index (χ0) is 17.2. The second-order valence-corrected chi connectivity index (χ2v) is 8.06. The van der Waals surface area contributed by atoms with Gasteiger partial charge < -0.3 is 15.5 Å². The third-order valence-electron chi connectivity index (χ3n) is 4.32. The third-order valence-corrected chi connectivity index (χ3v) is 5.22. The zero-order valence-corrected chi connectivity index (χ0v) is 19.0. The van der Waals surface area contributed by atoms with Gasteiger partial charge in [-0.3, -0.25) is 0 Å². The fourth-order valence-corrected chi connectivity index (χ4v) is 3.83. The average Bonchev–Trinajstić information content (AvgIpc) is 2.98. The maximum absolute atomic E-state index is 4.63. The summed E-state index contributed by atoms with van der Waals surface area (Å²) in [7, 11) is 0. The first-order valence-electron chi connectivity index (χ1n) is 9.33. The quantitative estimate of drug-likeness (QED) is 0.259. The van der Waals surface area contributed by atoms with Gasteiger partial charge in [-0.1, -0.05) is 6.92 Å². The topological polar surface area (TPSA) is 52.6 Å². The molecule has 2 N–H and O–H groups in total. The predicted molar refractivity (Wildman–Crippen MR) is 119 cm³/mol. The molecule has 0 aromatic carbocycles. The standard InChI is InChI=1S/C18H33N5S.HI/c1-4-19-18(22-13-17-21-12-16(3)24-17)20-9-5-6-10-23-11-7-8-15(2)14-23;/h12,15H,4-11,13-14H2,1-3H3,(H2,19,20,22);1H. The lowest BCUT2D eigenvalue weighted by molar-refractivity contribution is 0.181. The number of guanidine groups is 1. The van der Waals surface area contributed by atoms with E-state index in [-0.39, 0.29) is 24.0 Å². The number of likely N-dealkylation sites (tertiary alicyclic amines) is 1. The Balaban J connectivity index is 0.00000312. The molecule has 0 amide bonds. The number of hydrogen-bond donors (Lipinski definition) is 2. The fourth-order valence-electron chi connectivity index (χ4n) is 3.12. The van der Waals surface area contributed by atoms with Crippen LogP contribution in [0.15, 0.2) is 11.2 Å². The molecular formula is C18H34IN5S. The molecule has 1 aliphatic heterocycles. The molecule has 0 aliphatic carbocycles. The van der Waals surface area contributed by atoms with Crippen molar-refractivity contribution in [3.05, 3.63) is 16.1 Å². The van der Waals surface area contributed by atoms with Crippen molar-refractivity contribution in [2.75, 3.05) is 32.7 Å². The number of aromatic nitrogens is 1. The van der Waals surface area contributed by atoms with Gasteiger partial charge in [0.15, 0.2) is 5.96 Å². The van der Waals surface area contributed by atoms with Crippen LogP contribution in [0.5, 0.6) is 0 Å². The highest BCUT2D eigenvalue weighted by atomic mass is 127. The highest BCUT2D eigenvalue weighted by Gasteiger charge is 2.15. The summed E-state index contributed by atoms with van der Waals surface area (Å²) < 4.78 is 0. The number of nitrogens with zero attached hydrogens (tertiary/aromatic N) is 3. The van der Waals surface area contributed by atoms with Crippen LogP contribution in [-0.4, -0.2) is 48.6 Å². The summed E-state index contributed by atoms with van der Waals surface area (Å²) in [6, 6.07) is 0. The molecule has 0 saturated carbocycles. The molecule has 1 fully saturated rings. The molecule has 0 spiro atoms. The number of unbranched alkanes of at least 4 members (excludes halogenated alkanes) is 1. The van der Waals surface area contributed by atoms with E-state index in [4.69, 9.17) is 0 Å². The fraction of sp³-hybridized carbons (Fsp3) is 0.778. The zero-order valence-electron chi connectivity index (χ0n) is 15.9. The van der Waals surface area contributed by atoms with Crippen molar-refractivity contribution in [3.8, 4) is 0 Å². The van der Waals surface area contributed by atoms with Crippen LogP contribution in [0.4, 0.5) is 0 Å². The number of aryl methyl sites for hydroxylation is 1. The van der Waals surface area contributed by atoms with Crippen molar-refractivity contribution in [2.24, 2.45) is 10.9 Å². The lowest BCUT2D eigenvalue weighted by Crippen LogP contribution is -2.38. The van der Waals surface area contributed by atoms with Crippen LogP contribution in [0.3, 0.4) is 0 Å². The Labute approximate surface area is 174 Å². The van der Waals surface area contributed by atoms with E-state index in [1.807, 2.05) is 6.20 Å². The summed E-state index contributed by atoms with van der Waals surface area (Å²) in [6.45, 7) is 12.9. The molecule has 2 heterocycles. The van der Waals surface area contributed by atoms with Gasteiger partial charge in [-0.25, -0.2) is 9.98 Å². The van der Waals surface area contributed by atoms with Crippen molar-refractivity contribution < 1.29 is 0 Å². The van der Waals surface area contributed by atoms with Crippen LogP contribution in [-0.2, 0) is 6.54 Å². The summed E-state index contributed by atoms with van der Waals surface area (Å²) >= 11 is 1.72. The first-order valence-corrected chi connectivity index (χ1v) is 10.1. The molecule has 5 nitrogen and oxygen atoms in total. The third kappa shape index (κ3) is 9.19. The van der Waals surface area contributed by atoms with Crippen LogP contribution in [0.25, 0.3) is 0 Å². The monoisotopic (exact) mass is 479 g/mol. The molecule has 1 aliphatic rings. The molecule has 0 bridgehead atoms. The van der Waals surface area contributed by atoms with Gasteiger partial charge in [0, 0.05) is 30.7 Å². The van der Waals surface area contributed by atoms with E-state index in [0.717, 1.165) is 30.0 Å². The molecular weight excluding hydrogens is 445 g/mol. The van der Waals surface area contributed by atoms with E-state index in [0.29, 0.717) is 6.54 Å². The minimum absolute atomic E-state index is 0. The van der Waals surface area contributed by atoms with Gasteiger partial charge in [0.2, 0.25) is 0 Å². The van der Waals surface area contributed by atoms with Gasteiger partial charge in [0.05, 0.1) is 6.54 Å². The number of halogens is 1. The van der Waals surface area contributed by atoms with E-state index >= 15 is 0 Å². The Morgan fingerprint density at radius 1 is 1.40 bits per heavy atom. The minimum Gasteiger partial charge on any atom is -0.357 e. The summed E-state index contributed by atoms with van der Waals surface area (Å²) in [4.78, 5) is 12.9. The number of rotatable bonds is 8. The highest BCUT2D eigenvalue weighted by molar-refractivity contribution is 14.0. The SMILES string of the molecule is CCNC(=NCc1ncc(C)s1)NCCCCN1CCCC(C)C1.I. The Morgan fingerprint density at radius 3 is 2.92 bits per heavy atom. The molecule has 144 valence electrons. The molecule has 25 heavy (non-hydrogen) atoms. The van der Waals surface area contributed by atoms with Gasteiger partial charge in [-0.15, -0.1) is 35.3 Å². The molecule has 2 rings (SSSR count). The lowest BCUT2D eigenvalue weighted by Gasteiger charge is -2.30. The van der Waals surface area contributed by atoms with Crippen molar-refractivity contribution in [1.29, 1.82) is 0 Å². The highest BCUT2D eigenvalue weighted by Crippen LogP contribution is 2.15. The summed E-state index contributed by atoms with van der Waals surface area (Å²) in [6.07, 6.45) is 7.12. The first-order chi connectivity index (χ1) is 11.7. The minimum atomic E-state index is 0. The Hall–Kier alpha value is -0.410. The van der Waals surface area contributed by atoms with Gasteiger partial charge in [-0.2, -0.15) is 0 Å². The van der Waals surface area contributed by atoms with Gasteiger partial charge in [-0.05, 0) is 58.5 Å². The van der Waals surface area contributed by atoms with Crippen LogP contribution >= 0.6 is 35.3 Å². The van der Waals surface area contributed by atoms with Crippen LogP contribution in [0, 0.1) is 12.8 Å². The molecule has 1 aromatic rings. The van der Waals surface area contributed by atoms with E-state index in [9.17, 15) is 0 Å². The van der Waals surface area contributed by atoms with Crippen molar-refractivity contribution in [1.82, 2.24) is 20.5 Å². The molecule has 1 aromatic heterocycles. The van der Waals surface area contributed by atoms with Crippen molar-refractivity contribution >= 4 is 41.3 Å². The number of aliphatic imine (C=N–C) groups is 1. The second kappa shape index (κ2) is 12.9. The lowest BCUT2D eigenvalue weighted by atomic mass is 10.0. The first kappa shape index (κ1) is 22.6. The Bertz CT molecular complexity index is 505. The van der Waals surface area contributed by atoms with E-state index in [1.54, 1.807) is 11.3 Å². The largest absolute Gasteiger partial charge is 0.357 e. The van der Waals surface area contributed by atoms with Crippen LogP contribution in [0.2, 0.25) is 0 Å². The second-order valence-electron chi connectivity index (χ2n) is 6.74. The Kier molecular flexibility index (Phi) is 11.6. The van der Waals surface area contributed by atoms with Gasteiger partial charge in [0.25, 0.3) is 0 Å². The normalized spacial score (nSPS) is 18.7. The van der Waals surface area contributed by atoms with Crippen LogP contribution in [0.1, 0.15) is 49.4 Å². The van der Waals surface area contributed by atoms with Gasteiger partial charge >= 0.3 is 0 Å². The molecule has 7 heteroatoms. The average molecular weight is 479 g/mol. The summed E-state index contributed by atoms with van der Waals surface area (Å²) in [5, 5.41) is 7.83. The van der Waals surface area contributed by atoms with E-state index in [2.05, 4.69) is 46.3 Å². The number of thiazole rings is 1. The number of hydrogen-bond acceptors (Lipinski definition) is 4. The van der Waals surface area contributed by atoms with E-state index < -0.39 is 0 Å². The van der Waals surface area contributed by atoms with E-state index in [1.165, 1.54) is 50.2 Å². The summed E-state index contributed by atoms with van der Waals surface area (Å²) in [5.74, 6) is 1.77. The molecule has 1 unspecified atom stereocenters. The maximum Gasteiger partial charge on any atom is 0.191 e. The smallest absolute Gasteiger partial charge is 0.191 e.